The molecule has 0 fully saturated rings. The van der Waals surface area contributed by atoms with E-state index in [4.69, 9.17) is 6.92 Å². The highest BCUT2D eigenvalue weighted by Crippen LogP contribution is 2.06. The largest absolute Gasteiger partial charge is 0.329 e. The van der Waals surface area contributed by atoms with E-state index >= 15 is 0 Å². The monoisotopic (exact) mass is 133 g/mol. The fraction of sp³-hybridized carbons (Fsp3) is 0. The topological polar surface area (TPSA) is 29.1 Å². The molecule has 2 nitrogen and oxygen atoms in total. The highest BCUT2D eigenvalue weighted by Gasteiger charge is 1.86. The Morgan fingerprint density at radius 3 is 2.40 bits per heavy atom. The number of hydrogen-bond acceptors (Lipinski definition) is 1. The van der Waals surface area contributed by atoms with E-state index in [1.54, 1.807) is 24.3 Å². The van der Waals surface area contributed by atoms with Gasteiger partial charge in [-0.15, -0.1) is 0 Å². The van der Waals surface area contributed by atoms with E-state index in [-0.39, 0.29) is 0 Å². The van der Waals surface area contributed by atoms with E-state index in [2.05, 4.69) is 5.32 Å². The molecule has 0 aliphatic carbocycles. The van der Waals surface area contributed by atoms with Crippen LogP contribution < -0.4 is 5.32 Å². The van der Waals surface area contributed by atoms with E-state index in [1.165, 1.54) is 0 Å². The average Bonchev–Trinajstić information content (AvgIpc) is 1.95. The fourth-order valence-electron chi connectivity index (χ4n) is 0.647. The van der Waals surface area contributed by atoms with Crippen LogP contribution in [0.4, 0.5) is 5.69 Å². The van der Waals surface area contributed by atoms with Gasteiger partial charge >= 0.3 is 0 Å². The Morgan fingerprint density at radius 1 is 1.30 bits per heavy atom. The number of anilines is 1. The predicted octanol–water partition coefficient (Wildman–Crippen LogP) is 1.31. The minimum atomic E-state index is 0.630. The highest BCUT2D eigenvalue weighted by atomic mass is 16.1. The van der Waals surface area contributed by atoms with Crippen molar-refractivity contribution < 1.29 is 4.79 Å². The van der Waals surface area contributed by atoms with E-state index in [0.717, 1.165) is 5.69 Å². The molecule has 1 amide bonds. The van der Waals surface area contributed by atoms with Gasteiger partial charge in [0.1, 0.15) is 0 Å². The molecule has 1 N–H and O–H groups in total. The smallest absolute Gasteiger partial charge is 0.211 e. The van der Waals surface area contributed by atoms with Gasteiger partial charge in [0, 0.05) is 5.69 Å². The predicted molar refractivity (Wildman–Crippen MR) is 39.5 cm³/mol. The first kappa shape index (κ1) is 6.81. The normalized spacial score (nSPS) is 8.90. The maximum Gasteiger partial charge on any atom is 0.211 e. The van der Waals surface area contributed by atoms with Crippen molar-refractivity contribution in [3.63, 3.8) is 0 Å². The molecule has 10 heavy (non-hydrogen) atoms. The Kier molecular flexibility index (Phi) is 2.05. The summed E-state index contributed by atoms with van der Waals surface area (Å²) >= 11 is 0. The van der Waals surface area contributed by atoms with Crippen molar-refractivity contribution in [2.24, 2.45) is 0 Å². The molecule has 0 saturated heterocycles. The van der Waals surface area contributed by atoms with Crippen LogP contribution in [0.5, 0.6) is 0 Å². The van der Waals surface area contributed by atoms with Gasteiger partial charge in [-0.2, -0.15) is 0 Å². The summed E-state index contributed by atoms with van der Waals surface area (Å²) in [5.41, 5.74) is 1.45. The van der Waals surface area contributed by atoms with Gasteiger partial charge in [-0.25, -0.2) is 0 Å². The lowest BCUT2D eigenvalue weighted by atomic mass is 10.2. The summed E-state index contributed by atoms with van der Waals surface area (Å²) in [5.74, 6) is 0. The second-order valence-electron chi connectivity index (χ2n) is 1.88. The van der Waals surface area contributed by atoms with Crippen LogP contribution in [0.15, 0.2) is 24.3 Å². The van der Waals surface area contributed by atoms with Crippen LogP contribution in [0.25, 0.3) is 0 Å². The number of carbonyl (C=O) groups is 1. The molecule has 1 aromatic rings. The van der Waals surface area contributed by atoms with Gasteiger partial charge in [0.25, 0.3) is 0 Å². The SMILES string of the molecule is [CH]c1ccc(NC=O)cc1. The molecular formula is C8H7NO. The molecule has 1 rings (SSSR count). The third-order valence-corrected chi connectivity index (χ3v) is 1.14. The van der Waals surface area contributed by atoms with E-state index in [1.807, 2.05) is 0 Å². The van der Waals surface area contributed by atoms with Gasteiger partial charge in [-0.05, 0) is 24.6 Å². The fourth-order valence-corrected chi connectivity index (χ4v) is 0.647. The standard InChI is InChI=1S/C8H7NO/c1-7-2-4-8(5-3-7)9-6-10/h1-6H,(H,9,10). The van der Waals surface area contributed by atoms with Gasteiger partial charge in [0.05, 0.1) is 0 Å². The van der Waals surface area contributed by atoms with Crippen molar-refractivity contribution in [3.05, 3.63) is 36.8 Å². The minimum Gasteiger partial charge on any atom is -0.329 e. The summed E-state index contributed by atoms with van der Waals surface area (Å²) in [4.78, 5) is 9.92. The van der Waals surface area contributed by atoms with Gasteiger partial charge < -0.3 is 5.32 Å². The minimum absolute atomic E-state index is 0.630. The molecule has 0 bridgehead atoms. The van der Waals surface area contributed by atoms with Crippen LogP contribution in [0.3, 0.4) is 0 Å². The van der Waals surface area contributed by atoms with Crippen LogP contribution >= 0.6 is 0 Å². The third kappa shape index (κ3) is 1.58. The lowest BCUT2D eigenvalue weighted by Crippen LogP contribution is -1.92. The lowest BCUT2D eigenvalue weighted by molar-refractivity contribution is -0.105. The summed E-state index contributed by atoms with van der Waals surface area (Å²) in [7, 11) is 0. The summed E-state index contributed by atoms with van der Waals surface area (Å²) in [6.45, 7) is 5.41. The Morgan fingerprint density at radius 2 is 1.90 bits per heavy atom. The number of amides is 1. The Labute approximate surface area is 59.9 Å². The van der Waals surface area contributed by atoms with E-state index < -0.39 is 0 Å². The number of benzene rings is 1. The molecule has 0 aliphatic rings. The van der Waals surface area contributed by atoms with Crippen LogP contribution in [-0.2, 0) is 4.79 Å². The number of nitrogens with one attached hydrogen (secondary N) is 1. The molecule has 0 spiro atoms. The van der Waals surface area contributed by atoms with E-state index in [9.17, 15) is 4.79 Å². The number of rotatable bonds is 2. The zero-order valence-corrected chi connectivity index (χ0v) is 5.37. The van der Waals surface area contributed by atoms with Crippen molar-refractivity contribution in [1.29, 1.82) is 0 Å². The number of carbonyl (C=O) groups excluding carboxylic acids is 1. The van der Waals surface area contributed by atoms with Crippen LogP contribution in [-0.4, -0.2) is 6.41 Å². The molecule has 2 heteroatoms. The molecule has 0 aliphatic heterocycles. The second-order valence-corrected chi connectivity index (χ2v) is 1.88. The lowest BCUT2D eigenvalue weighted by Gasteiger charge is -1.96. The molecule has 2 radical (unpaired) electrons. The summed E-state index contributed by atoms with van der Waals surface area (Å²) in [6.07, 6.45) is 0.630. The van der Waals surface area contributed by atoms with Gasteiger partial charge in [0.2, 0.25) is 6.41 Å². The molecule has 0 unspecified atom stereocenters. The van der Waals surface area contributed by atoms with Crippen LogP contribution in [0, 0.1) is 6.92 Å². The highest BCUT2D eigenvalue weighted by molar-refractivity contribution is 5.71. The summed E-state index contributed by atoms with van der Waals surface area (Å²) in [6, 6.07) is 6.94. The van der Waals surface area contributed by atoms with Gasteiger partial charge in [-0.3, -0.25) is 4.79 Å². The first-order chi connectivity index (χ1) is 4.83. The molecule has 0 saturated carbocycles. The van der Waals surface area contributed by atoms with Crippen molar-refractivity contribution in [3.8, 4) is 0 Å². The molecule has 1 aromatic carbocycles. The maximum absolute atomic E-state index is 9.92. The number of hydrogen-bond donors (Lipinski definition) is 1. The Balaban J connectivity index is 2.78. The Hall–Kier alpha value is -1.31. The van der Waals surface area contributed by atoms with E-state index in [0.29, 0.717) is 12.0 Å². The molecule has 50 valence electrons. The second kappa shape index (κ2) is 3.01. The first-order valence-corrected chi connectivity index (χ1v) is 2.88. The molecule has 0 aromatic heterocycles. The maximum atomic E-state index is 9.92. The Bertz CT molecular complexity index is 215. The molecule has 0 heterocycles. The van der Waals surface area contributed by atoms with Crippen molar-refractivity contribution in [1.82, 2.24) is 0 Å². The first-order valence-electron chi connectivity index (χ1n) is 2.88. The average molecular weight is 133 g/mol. The van der Waals surface area contributed by atoms with Crippen molar-refractivity contribution in [2.75, 3.05) is 5.32 Å². The van der Waals surface area contributed by atoms with Crippen molar-refractivity contribution >= 4 is 12.1 Å². The van der Waals surface area contributed by atoms with Gasteiger partial charge in [-0.1, -0.05) is 12.1 Å². The molecular weight excluding hydrogens is 126 g/mol. The van der Waals surface area contributed by atoms with Crippen molar-refractivity contribution in [2.45, 2.75) is 0 Å². The zero-order valence-electron chi connectivity index (χ0n) is 5.37. The summed E-state index contributed by atoms with van der Waals surface area (Å²) < 4.78 is 0. The van der Waals surface area contributed by atoms with Crippen LogP contribution in [0.2, 0.25) is 0 Å². The summed E-state index contributed by atoms with van der Waals surface area (Å²) in [5, 5.41) is 2.50. The van der Waals surface area contributed by atoms with Crippen LogP contribution in [0.1, 0.15) is 5.56 Å². The zero-order chi connectivity index (χ0) is 7.40. The van der Waals surface area contributed by atoms with Gasteiger partial charge in [0.15, 0.2) is 0 Å². The third-order valence-electron chi connectivity index (χ3n) is 1.14. The molecule has 0 atom stereocenters. The quantitative estimate of drug-likeness (QED) is 0.605.